The van der Waals surface area contributed by atoms with Gasteiger partial charge in [0.05, 0.1) is 29.4 Å². The van der Waals surface area contributed by atoms with Gasteiger partial charge in [0, 0.05) is 17.0 Å². The van der Waals surface area contributed by atoms with Crippen molar-refractivity contribution in [1.29, 1.82) is 0 Å². The summed E-state index contributed by atoms with van der Waals surface area (Å²) in [6, 6.07) is 12.9. The lowest BCUT2D eigenvalue weighted by atomic mass is 10.2. The maximum absolute atomic E-state index is 14.8. The third-order valence-corrected chi connectivity index (χ3v) is 6.05. The van der Waals surface area contributed by atoms with E-state index in [9.17, 15) is 14.0 Å². The van der Waals surface area contributed by atoms with Gasteiger partial charge in [0.1, 0.15) is 5.82 Å². The monoisotopic (exact) mass is 487 g/mol. The minimum atomic E-state index is -0.520. The van der Waals surface area contributed by atoms with Gasteiger partial charge in [-0.3, -0.25) is 4.57 Å². The average molecular weight is 488 g/mol. The number of nitrogens with zero attached hydrogens (tertiary/aromatic N) is 3. The molecule has 11 heteroatoms. The van der Waals surface area contributed by atoms with E-state index in [0.29, 0.717) is 32.8 Å². The number of urea groups is 1. The second kappa shape index (κ2) is 10.1. The van der Waals surface area contributed by atoms with Crippen LogP contribution in [-0.4, -0.2) is 45.7 Å². The number of amides is 2. The Morgan fingerprint density at radius 2 is 1.97 bits per heavy atom. The van der Waals surface area contributed by atoms with Crippen LogP contribution in [0.15, 0.2) is 65.0 Å². The van der Waals surface area contributed by atoms with E-state index in [2.05, 4.69) is 20.8 Å². The molecule has 8 nitrogen and oxygen atoms in total. The number of nitrogens with one attached hydrogen (secondary N) is 2. The molecule has 0 radical (unpaired) electrons. The first-order chi connectivity index (χ1) is 16.0. The smallest absolute Gasteiger partial charge is 0.337 e. The van der Waals surface area contributed by atoms with E-state index in [1.807, 2.05) is 0 Å². The van der Waals surface area contributed by atoms with Crippen LogP contribution in [0.1, 0.15) is 6.92 Å². The van der Waals surface area contributed by atoms with Crippen molar-refractivity contribution in [2.45, 2.75) is 12.1 Å². The molecule has 4 rings (SSSR count). The molecule has 0 fully saturated rings. The molecule has 0 atom stereocenters. The summed E-state index contributed by atoms with van der Waals surface area (Å²) in [7, 11) is 0. The number of halogens is 2. The molecule has 2 N–H and O–H groups in total. The Morgan fingerprint density at radius 3 is 2.73 bits per heavy atom. The number of benzene rings is 2. The van der Waals surface area contributed by atoms with Crippen LogP contribution in [-0.2, 0) is 9.53 Å². The Morgan fingerprint density at radius 1 is 1.21 bits per heavy atom. The van der Waals surface area contributed by atoms with Crippen molar-refractivity contribution >= 4 is 35.4 Å². The highest BCUT2D eigenvalue weighted by molar-refractivity contribution is 7.99. The first kappa shape index (κ1) is 22.8. The molecule has 0 saturated carbocycles. The van der Waals surface area contributed by atoms with Gasteiger partial charge in [0.2, 0.25) is 0 Å². The normalized spacial score (nSPS) is 13.5. The maximum Gasteiger partial charge on any atom is 0.337 e. The van der Waals surface area contributed by atoms with E-state index >= 15 is 0 Å². The molecule has 0 unspecified atom stereocenters. The molecular formula is C22H19ClFN5O3S. The van der Waals surface area contributed by atoms with Gasteiger partial charge in [0.15, 0.2) is 11.0 Å². The summed E-state index contributed by atoms with van der Waals surface area (Å²) in [4.78, 5) is 24.2. The highest BCUT2D eigenvalue weighted by atomic mass is 35.5. The highest BCUT2D eigenvalue weighted by Gasteiger charge is 2.25. The summed E-state index contributed by atoms with van der Waals surface area (Å²) >= 11 is 7.56. The Labute approximate surface area is 198 Å². The molecular weight excluding hydrogens is 469 g/mol. The topological polar surface area (TPSA) is 98.1 Å². The van der Waals surface area contributed by atoms with Gasteiger partial charge in [-0.25, -0.2) is 14.0 Å². The van der Waals surface area contributed by atoms with Crippen molar-refractivity contribution < 1.29 is 18.7 Å². The third-order valence-electron chi connectivity index (χ3n) is 4.76. The molecule has 170 valence electrons. The largest absolute Gasteiger partial charge is 0.463 e. The predicted molar refractivity (Wildman–Crippen MR) is 123 cm³/mol. The number of esters is 1. The van der Waals surface area contributed by atoms with Crippen molar-refractivity contribution in [2.75, 3.05) is 18.9 Å². The van der Waals surface area contributed by atoms with E-state index in [4.69, 9.17) is 16.3 Å². The minimum absolute atomic E-state index is 0.0471. The zero-order valence-electron chi connectivity index (χ0n) is 17.5. The number of thioether (sulfide) groups is 1. The van der Waals surface area contributed by atoms with Crippen molar-refractivity contribution in [3.05, 3.63) is 70.6 Å². The molecule has 0 aliphatic carbocycles. The van der Waals surface area contributed by atoms with Gasteiger partial charge < -0.3 is 15.4 Å². The summed E-state index contributed by atoms with van der Waals surface area (Å²) in [5.41, 5.74) is 1.54. The molecule has 1 aliphatic heterocycles. The molecule has 2 heterocycles. The van der Waals surface area contributed by atoms with Crippen LogP contribution in [0, 0.1) is 5.82 Å². The summed E-state index contributed by atoms with van der Waals surface area (Å²) in [5, 5.41) is 14.5. The average Bonchev–Trinajstić information content (AvgIpc) is 3.22. The SMILES string of the molecule is CCOC(=O)C1=C(CSc2nnc(-c3ccccc3Cl)n2-c2ccccc2F)NC(=O)NC1. The zero-order chi connectivity index (χ0) is 23.4. The summed E-state index contributed by atoms with van der Waals surface area (Å²) in [6.07, 6.45) is 0. The lowest BCUT2D eigenvalue weighted by molar-refractivity contribution is -0.138. The molecule has 2 amide bonds. The zero-order valence-corrected chi connectivity index (χ0v) is 19.0. The number of carbonyl (C=O) groups excluding carboxylic acids is 2. The molecule has 0 saturated heterocycles. The summed E-state index contributed by atoms with van der Waals surface area (Å²) in [6.45, 7) is 1.96. The molecule has 0 bridgehead atoms. The van der Waals surface area contributed by atoms with Gasteiger partial charge in [-0.15, -0.1) is 10.2 Å². The van der Waals surface area contributed by atoms with Crippen molar-refractivity contribution in [3.8, 4) is 17.1 Å². The quantitative estimate of drug-likeness (QED) is 0.387. The maximum atomic E-state index is 14.8. The number of hydrogen-bond donors (Lipinski definition) is 2. The van der Waals surface area contributed by atoms with E-state index in [0.717, 1.165) is 0 Å². The third kappa shape index (κ3) is 4.86. The van der Waals surface area contributed by atoms with Crippen LogP contribution < -0.4 is 10.6 Å². The number of carbonyl (C=O) groups is 2. The molecule has 33 heavy (non-hydrogen) atoms. The predicted octanol–water partition coefficient (Wildman–Crippen LogP) is 3.95. The minimum Gasteiger partial charge on any atom is -0.463 e. The van der Waals surface area contributed by atoms with Crippen LogP contribution in [0.4, 0.5) is 9.18 Å². The highest BCUT2D eigenvalue weighted by Crippen LogP contribution is 2.33. The van der Waals surface area contributed by atoms with Crippen LogP contribution in [0.5, 0.6) is 0 Å². The Kier molecular flexibility index (Phi) is 6.95. The second-order valence-electron chi connectivity index (χ2n) is 6.85. The van der Waals surface area contributed by atoms with E-state index in [1.54, 1.807) is 54.0 Å². The second-order valence-corrected chi connectivity index (χ2v) is 8.20. The van der Waals surface area contributed by atoms with Gasteiger partial charge in [-0.2, -0.15) is 0 Å². The van der Waals surface area contributed by atoms with Crippen LogP contribution in [0.25, 0.3) is 17.1 Å². The standard InChI is InChI=1S/C22H19ClFN5O3S/c1-2-32-20(30)14-11-25-21(31)26-17(14)12-33-22-28-27-19(13-7-3-4-8-15(13)23)29(22)18-10-6-5-9-16(18)24/h3-10H,2,11-12H2,1H3,(H2,25,26,31). The number of aromatic nitrogens is 3. The fraction of sp³-hybridized carbons (Fsp3) is 0.182. The molecule has 2 aromatic carbocycles. The van der Waals surface area contributed by atoms with Crippen molar-refractivity contribution in [2.24, 2.45) is 0 Å². The van der Waals surface area contributed by atoms with E-state index in [-0.39, 0.29) is 24.6 Å². The van der Waals surface area contributed by atoms with Gasteiger partial charge in [0.25, 0.3) is 0 Å². The van der Waals surface area contributed by atoms with Crippen molar-refractivity contribution in [1.82, 2.24) is 25.4 Å². The lowest BCUT2D eigenvalue weighted by Crippen LogP contribution is -2.44. The number of ether oxygens (including phenoxy) is 1. The van der Waals surface area contributed by atoms with E-state index < -0.39 is 17.8 Å². The van der Waals surface area contributed by atoms with Crippen LogP contribution in [0.2, 0.25) is 5.02 Å². The first-order valence-electron chi connectivity index (χ1n) is 10.0. The Bertz CT molecular complexity index is 1250. The lowest BCUT2D eigenvalue weighted by Gasteiger charge is -2.21. The van der Waals surface area contributed by atoms with E-state index in [1.165, 1.54) is 17.8 Å². The summed E-state index contributed by atoms with van der Waals surface area (Å²) < 4.78 is 21.4. The number of rotatable bonds is 7. The van der Waals surface area contributed by atoms with Crippen molar-refractivity contribution in [3.63, 3.8) is 0 Å². The fourth-order valence-electron chi connectivity index (χ4n) is 3.24. The molecule has 0 spiro atoms. The molecule has 1 aromatic heterocycles. The van der Waals surface area contributed by atoms with Crippen LogP contribution >= 0.6 is 23.4 Å². The first-order valence-corrected chi connectivity index (χ1v) is 11.4. The fourth-order valence-corrected chi connectivity index (χ4v) is 4.39. The number of para-hydroxylation sites is 1. The molecule has 1 aliphatic rings. The Balaban J connectivity index is 1.74. The van der Waals surface area contributed by atoms with Gasteiger partial charge in [-0.1, -0.05) is 47.6 Å². The van der Waals surface area contributed by atoms with Gasteiger partial charge >= 0.3 is 12.0 Å². The molecule has 3 aromatic rings. The Hall–Kier alpha value is -3.37. The van der Waals surface area contributed by atoms with Gasteiger partial charge in [-0.05, 0) is 31.2 Å². The summed E-state index contributed by atoms with van der Waals surface area (Å²) in [5.74, 6) is -0.444. The number of hydrogen-bond acceptors (Lipinski definition) is 6. The van der Waals surface area contributed by atoms with Crippen LogP contribution in [0.3, 0.4) is 0 Å².